The Kier molecular flexibility index (Phi) is 21.5. The normalized spacial score (nSPS) is 12.0. The molecule has 0 amide bonds. The van der Waals surface area contributed by atoms with E-state index in [0.29, 0.717) is 6.61 Å². The second kappa shape index (κ2) is 14.7. The molecule has 0 saturated heterocycles. The Morgan fingerprint density at radius 2 is 0.960 bits per heavy atom. The molecule has 25 heavy (non-hydrogen) atoms. The number of hydrogen-bond acceptors (Lipinski definition) is 5. The fraction of sp³-hybridized carbons (Fsp3) is 1.00. The fourth-order valence-corrected chi connectivity index (χ4v) is 3.83. The first-order valence-electron chi connectivity index (χ1n) is 7.97. The first-order chi connectivity index (χ1) is 9.54. The molecule has 0 aromatic heterocycles. The smallest absolute Gasteiger partial charge is 0.412 e. The quantitative estimate of drug-likeness (QED) is 0.654. The average molecular weight is 422 g/mol. The maximum absolute atomic E-state index is 10.5. The molecule has 0 spiro atoms. The summed E-state index contributed by atoms with van der Waals surface area (Å²) in [6.45, 7) is 19.2. The van der Waals surface area contributed by atoms with Gasteiger partial charge < -0.3 is 34.1 Å². The second-order valence-corrected chi connectivity index (χ2v) is 9.90. The molecule has 0 heterocycles. The number of unbranched alkanes of at least 4 members (excludes halogenated alkanes) is 1. The van der Waals surface area contributed by atoms with E-state index in [-0.39, 0.29) is 32.7 Å². The van der Waals surface area contributed by atoms with E-state index in [1.54, 1.807) is 0 Å². The third kappa shape index (κ3) is 29.7. The Morgan fingerprint density at radius 3 is 1.04 bits per heavy atom. The molecule has 7 nitrogen and oxygen atoms in total. The van der Waals surface area contributed by atoms with Crippen molar-refractivity contribution in [3.05, 3.63) is 0 Å². The van der Waals surface area contributed by atoms with Crippen LogP contribution >= 0.6 is 0 Å². The summed E-state index contributed by atoms with van der Waals surface area (Å²) in [7, 11) is -3.66. The summed E-state index contributed by atoms with van der Waals surface area (Å²) >= 11 is 0. The summed E-state index contributed by atoms with van der Waals surface area (Å²) in [6.07, 6.45) is 2.04. The van der Waals surface area contributed by atoms with Crippen LogP contribution in [-0.4, -0.2) is 53.3 Å². The van der Waals surface area contributed by atoms with E-state index in [4.69, 9.17) is 18.4 Å². The Bertz CT molecular complexity index is 254. The average Bonchev–Trinajstić information content (AvgIpc) is 2.08. The van der Waals surface area contributed by atoms with Crippen molar-refractivity contribution in [2.75, 3.05) is 6.61 Å². The van der Waals surface area contributed by atoms with Gasteiger partial charge in [-0.15, -0.1) is 0 Å². The van der Waals surface area contributed by atoms with Gasteiger partial charge in [-0.3, -0.25) is 0 Å². The predicted molar refractivity (Wildman–Crippen MR) is 99.7 cm³/mol. The molecule has 0 aromatic rings. The van der Waals surface area contributed by atoms with Crippen molar-refractivity contribution in [3.63, 3.8) is 0 Å². The van der Waals surface area contributed by atoms with Crippen LogP contribution in [0.3, 0.4) is 0 Å². The van der Waals surface area contributed by atoms with Gasteiger partial charge in [0.2, 0.25) is 0 Å². The summed E-state index contributed by atoms with van der Waals surface area (Å²) in [5.41, 5.74) is -1.55. The van der Waals surface area contributed by atoms with E-state index in [1.165, 1.54) is 0 Å². The largest absolute Gasteiger partial charge is 0.678 e. The molecule has 0 aliphatic rings. The third-order valence-electron chi connectivity index (χ3n) is 1.82. The minimum atomic E-state index is -3.66. The maximum atomic E-state index is 10.5. The van der Waals surface area contributed by atoms with Crippen molar-refractivity contribution < 1.29 is 55.9 Å². The topological polar surface area (TPSA) is 131 Å². The van der Waals surface area contributed by atoms with Crippen LogP contribution in [0.15, 0.2) is 0 Å². The van der Waals surface area contributed by atoms with Gasteiger partial charge in [0.1, 0.15) is 0 Å². The van der Waals surface area contributed by atoms with E-state index < -0.39 is 25.9 Å². The standard InChI is InChI=1S/C12H28O4Si.C4H10O.2H2O.Ti/c1-10(2,3)14-17(13,15-11(4,5)6)16-12(7,8)9;1-2-3-4-5;;;/h13H,1-9H3;5H,2-4H2,1H3;2*1H2;. The molecular formula is C16H42O7SiTi. The Hall–Kier alpha value is 0.651. The van der Waals surface area contributed by atoms with Crippen LogP contribution in [0.25, 0.3) is 0 Å². The van der Waals surface area contributed by atoms with E-state index >= 15 is 0 Å². The fourth-order valence-electron chi connectivity index (χ4n) is 1.38. The summed E-state index contributed by atoms with van der Waals surface area (Å²) in [5.74, 6) is 0. The number of rotatable bonds is 5. The maximum Gasteiger partial charge on any atom is 0.678 e. The van der Waals surface area contributed by atoms with Gasteiger partial charge in [-0.1, -0.05) is 13.3 Å². The zero-order valence-electron chi connectivity index (χ0n) is 17.7. The molecule has 0 unspecified atom stereocenters. The third-order valence-corrected chi connectivity index (χ3v) is 4.43. The first-order valence-corrected chi connectivity index (χ1v) is 9.64. The SMILES string of the molecule is CC(C)(C)O[Si](O)(OC(C)(C)C)OC(C)(C)C.CCCCO.O.O.[Ti]. The zero-order chi connectivity index (χ0) is 18.2. The summed E-state index contributed by atoms with van der Waals surface area (Å²) in [4.78, 5) is 10.5. The van der Waals surface area contributed by atoms with Gasteiger partial charge >= 0.3 is 9.05 Å². The molecule has 0 atom stereocenters. The summed E-state index contributed by atoms with van der Waals surface area (Å²) in [5, 5.41) is 8.07. The minimum absolute atomic E-state index is 0. The molecule has 0 rings (SSSR count). The van der Waals surface area contributed by atoms with E-state index in [1.807, 2.05) is 62.3 Å². The molecule has 156 valence electrons. The van der Waals surface area contributed by atoms with Crippen LogP contribution in [0.4, 0.5) is 0 Å². The van der Waals surface area contributed by atoms with Gasteiger partial charge in [0.15, 0.2) is 0 Å². The van der Waals surface area contributed by atoms with Crippen molar-refractivity contribution in [2.24, 2.45) is 0 Å². The first kappa shape index (κ1) is 36.6. The van der Waals surface area contributed by atoms with Crippen LogP contribution in [0.1, 0.15) is 82.1 Å². The van der Waals surface area contributed by atoms with Crippen molar-refractivity contribution in [2.45, 2.75) is 98.9 Å². The van der Waals surface area contributed by atoms with Crippen molar-refractivity contribution >= 4 is 9.05 Å². The molecule has 0 saturated carbocycles. The second-order valence-electron chi connectivity index (χ2n) is 8.24. The van der Waals surface area contributed by atoms with Gasteiger partial charge in [0, 0.05) is 28.3 Å². The predicted octanol–water partition coefficient (Wildman–Crippen LogP) is 1.99. The number of aliphatic hydroxyl groups is 1. The van der Waals surface area contributed by atoms with E-state index in [2.05, 4.69) is 6.92 Å². The molecule has 0 aromatic carbocycles. The Balaban J connectivity index is -0.000000147. The molecular weight excluding hydrogens is 380 g/mol. The van der Waals surface area contributed by atoms with Gasteiger partial charge in [-0.25, -0.2) is 0 Å². The zero-order valence-corrected chi connectivity index (χ0v) is 20.3. The number of aliphatic hydroxyl groups excluding tert-OH is 1. The monoisotopic (exact) mass is 422 g/mol. The summed E-state index contributed by atoms with van der Waals surface area (Å²) < 4.78 is 16.9. The molecule has 0 aliphatic carbocycles. The molecule has 0 aliphatic heterocycles. The Labute approximate surface area is 170 Å². The Morgan fingerprint density at radius 1 is 0.720 bits per heavy atom. The van der Waals surface area contributed by atoms with Crippen LogP contribution in [-0.2, 0) is 35.0 Å². The van der Waals surface area contributed by atoms with Crippen LogP contribution < -0.4 is 0 Å². The van der Waals surface area contributed by atoms with Gasteiger partial charge in [0.05, 0.1) is 16.8 Å². The van der Waals surface area contributed by atoms with Gasteiger partial charge in [-0.05, 0) is 68.7 Å². The number of hydrogen-bond donors (Lipinski definition) is 2. The van der Waals surface area contributed by atoms with Crippen LogP contribution in [0.5, 0.6) is 0 Å². The molecule has 0 bridgehead atoms. The summed E-state index contributed by atoms with van der Waals surface area (Å²) in [6, 6.07) is 0. The van der Waals surface area contributed by atoms with Crippen molar-refractivity contribution in [3.8, 4) is 0 Å². The van der Waals surface area contributed by atoms with Crippen molar-refractivity contribution in [1.82, 2.24) is 0 Å². The molecule has 0 fully saturated rings. The van der Waals surface area contributed by atoms with Gasteiger partial charge in [0.25, 0.3) is 0 Å². The van der Waals surface area contributed by atoms with Crippen LogP contribution in [0.2, 0.25) is 0 Å². The minimum Gasteiger partial charge on any atom is -0.412 e. The van der Waals surface area contributed by atoms with Crippen molar-refractivity contribution in [1.29, 1.82) is 0 Å². The molecule has 9 heteroatoms. The molecule has 6 N–H and O–H groups in total. The van der Waals surface area contributed by atoms with E-state index in [9.17, 15) is 4.80 Å². The van der Waals surface area contributed by atoms with Gasteiger partial charge in [-0.2, -0.15) is 0 Å². The van der Waals surface area contributed by atoms with Crippen LogP contribution in [0, 0.1) is 0 Å². The van der Waals surface area contributed by atoms with E-state index in [0.717, 1.165) is 12.8 Å². The molecule has 0 radical (unpaired) electrons.